The van der Waals surface area contributed by atoms with Gasteiger partial charge in [-0.15, -0.1) is 0 Å². The first kappa shape index (κ1) is 14.1. The van der Waals surface area contributed by atoms with Crippen LogP contribution in [0.15, 0.2) is 23.7 Å². The summed E-state index contributed by atoms with van der Waals surface area (Å²) in [6.07, 6.45) is 4.65. The van der Waals surface area contributed by atoms with E-state index in [1.165, 1.54) is 12.2 Å². The molecule has 86 valence electrons. The first-order valence-corrected chi connectivity index (χ1v) is 5.26. The van der Waals surface area contributed by atoms with Gasteiger partial charge < -0.3 is 9.47 Å². The highest BCUT2D eigenvalue weighted by molar-refractivity contribution is 5.37. The van der Waals surface area contributed by atoms with E-state index >= 15 is 0 Å². The fraction of sp³-hybridized carbons (Fsp3) is 0.500. The molecule has 0 saturated carbocycles. The lowest BCUT2D eigenvalue weighted by Gasteiger charge is -2.09. The summed E-state index contributed by atoms with van der Waals surface area (Å²) in [6, 6.07) is 3.53. The van der Waals surface area contributed by atoms with Crippen LogP contribution < -0.4 is 0 Å². The summed E-state index contributed by atoms with van der Waals surface area (Å²) in [5, 5.41) is 17.1. The largest absolute Gasteiger partial charge is 0.465 e. The number of nitrogens with zero attached hydrogens (tertiary/aromatic N) is 2. The first-order chi connectivity index (χ1) is 7.78. The second-order valence-corrected chi connectivity index (χ2v) is 2.99. The third kappa shape index (κ3) is 6.50. The molecule has 0 N–H and O–H groups in total. The van der Waals surface area contributed by atoms with Gasteiger partial charge in [0.15, 0.2) is 0 Å². The topological polar surface area (TPSA) is 66.0 Å². The lowest BCUT2D eigenvalue weighted by atomic mass is 10.3. The summed E-state index contributed by atoms with van der Waals surface area (Å²) in [5.41, 5.74) is 0.0256. The molecule has 0 bridgehead atoms. The third-order valence-electron chi connectivity index (χ3n) is 1.52. The third-order valence-corrected chi connectivity index (χ3v) is 1.52. The number of nitriles is 2. The van der Waals surface area contributed by atoms with Crippen molar-refractivity contribution in [2.45, 2.75) is 26.7 Å². The van der Waals surface area contributed by atoms with E-state index in [0.717, 1.165) is 12.8 Å². The standard InChI is InChI=1S/C12H16N2O2/c1-3-7-15-12(16-8-4-2)6-5-11(9-13)10-14/h5-6H,3-4,7-8H2,1-2H3. The highest BCUT2D eigenvalue weighted by Crippen LogP contribution is 2.04. The van der Waals surface area contributed by atoms with Gasteiger partial charge in [0.25, 0.3) is 5.95 Å². The molecule has 0 rings (SSSR count). The van der Waals surface area contributed by atoms with Crippen LogP contribution >= 0.6 is 0 Å². The molecule has 0 aromatic heterocycles. The zero-order chi connectivity index (χ0) is 12.2. The minimum atomic E-state index is 0.0256. The lowest BCUT2D eigenvalue weighted by molar-refractivity contribution is 0.0359. The van der Waals surface area contributed by atoms with Crippen LogP contribution in [0.5, 0.6) is 0 Å². The van der Waals surface area contributed by atoms with Gasteiger partial charge in [-0.05, 0) is 18.9 Å². The average Bonchev–Trinajstić information content (AvgIpc) is 2.32. The van der Waals surface area contributed by atoms with Crippen molar-refractivity contribution in [2.75, 3.05) is 13.2 Å². The maximum atomic E-state index is 8.54. The molecular formula is C12H16N2O2. The van der Waals surface area contributed by atoms with Gasteiger partial charge in [-0.3, -0.25) is 0 Å². The quantitative estimate of drug-likeness (QED) is 0.376. The number of allylic oxidation sites excluding steroid dienone is 3. The van der Waals surface area contributed by atoms with Gasteiger partial charge in [0, 0.05) is 6.08 Å². The van der Waals surface area contributed by atoms with Crippen LogP contribution in [0.25, 0.3) is 0 Å². The Kier molecular flexibility index (Phi) is 8.44. The molecule has 0 aliphatic heterocycles. The van der Waals surface area contributed by atoms with Crippen molar-refractivity contribution >= 4 is 0 Å². The zero-order valence-electron chi connectivity index (χ0n) is 9.69. The van der Waals surface area contributed by atoms with Crippen molar-refractivity contribution in [3.63, 3.8) is 0 Å². The van der Waals surface area contributed by atoms with E-state index in [2.05, 4.69) is 0 Å². The maximum absolute atomic E-state index is 8.54. The molecule has 0 aromatic rings. The van der Waals surface area contributed by atoms with E-state index in [-0.39, 0.29) is 5.57 Å². The summed E-state index contributed by atoms with van der Waals surface area (Å²) in [7, 11) is 0. The van der Waals surface area contributed by atoms with Crippen molar-refractivity contribution in [1.82, 2.24) is 0 Å². The van der Waals surface area contributed by atoms with Crippen LogP contribution in [0.3, 0.4) is 0 Å². The van der Waals surface area contributed by atoms with Gasteiger partial charge in [0.1, 0.15) is 17.7 Å². The molecule has 0 unspecified atom stereocenters. The van der Waals surface area contributed by atoms with Crippen LogP contribution in [0.1, 0.15) is 26.7 Å². The van der Waals surface area contributed by atoms with E-state index in [9.17, 15) is 0 Å². The summed E-state index contributed by atoms with van der Waals surface area (Å²) < 4.78 is 10.6. The van der Waals surface area contributed by atoms with E-state index in [0.29, 0.717) is 19.2 Å². The summed E-state index contributed by atoms with van der Waals surface area (Å²) in [4.78, 5) is 0. The van der Waals surface area contributed by atoms with Crippen molar-refractivity contribution < 1.29 is 9.47 Å². The molecule has 0 atom stereocenters. The Bertz CT molecular complexity index is 306. The predicted molar refractivity (Wildman–Crippen MR) is 59.9 cm³/mol. The lowest BCUT2D eigenvalue weighted by Crippen LogP contribution is -2.00. The van der Waals surface area contributed by atoms with Crippen LogP contribution in [-0.4, -0.2) is 13.2 Å². The molecule has 0 aromatic carbocycles. The molecule has 0 radical (unpaired) electrons. The first-order valence-electron chi connectivity index (χ1n) is 5.26. The molecule has 0 saturated heterocycles. The van der Waals surface area contributed by atoms with Gasteiger partial charge in [0.05, 0.1) is 13.2 Å². The Morgan fingerprint density at radius 2 is 1.50 bits per heavy atom. The van der Waals surface area contributed by atoms with Crippen molar-refractivity contribution in [3.05, 3.63) is 23.7 Å². The highest BCUT2D eigenvalue weighted by atomic mass is 16.7. The van der Waals surface area contributed by atoms with E-state index < -0.39 is 0 Å². The van der Waals surface area contributed by atoms with E-state index in [1.807, 2.05) is 13.8 Å². The molecule has 0 aliphatic rings. The Hall–Kier alpha value is -1.94. The fourth-order valence-electron chi connectivity index (χ4n) is 0.794. The van der Waals surface area contributed by atoms with Crippen LogP contribution in [0, 0.1) is 22.7 Å². The Morgan fingerprint density at radius 1 is 1.00 bits per heavy atom. The second-order valence-electron chi connectivity index (χ2n) is 2.99. The van der Waals surface area contributed by atoms with Crippen molar-refractivity contribution in [2.24, 2.45) is 0 Å². The minimum absolute atomic E-state index is 0.0256. The molecule has 0 amide bonds. The van der Waals surface area contributed by atoms with E-state index in [4.69, 9.17) is 20.0 Å². The van der Waals surface area contributed by atoms with Crippen LogP contribution in [-0.2, 0) is 9.47 Å². The number of hydrogen-bond donors (Lipinski definition) is 0. The van der Waals surface area contributed by atoms with Crippen LogP contribution in [0.4, 0.5) is 0 Å². The smallest absolute Gasteiger partial charge is 0.279 e. The maximum Gasteiger partial charge on any atom is 0.279 e. The summed E-state index contributed by atoms with van der Waals surface area (Å²) in [5.74, 6) is 0.353. The van der Waals surface area contributed by atoms with Gasteiger partial charge in [-0.25, -0.2) is 0 Å². The molecular weight excluding hydrogens is 204 g/mol. The average molecular weight is 220 g/mol. The monoisotopic (exact) mass is 220 g/mol. The Balaban J connectivity index is 4.49. The van der Waals surface area contributed by atoms with Crippen molar-refractivity contribution in [1.29, 1.82) is 10.5 Å². The van der Waals surface area contributed by atoms with E-state index in [1.54, 1.807) is 12.1 Å². The minimum Gasteiger partial charge on any atom is -0.465 e. The normalized spacial score (nSPS) is 8.25. The Labute approximate surface area is 96.4 Å². The molecule has 0 fully saturated rings. The van der Waals surface area contributed by atoms with Gasteiger partial charge in [-0.2, -0.15) is 10.5 Å². The van der Waals surface area contributed by atoms with Crippen molar-refractivity contribution in [3.8, 4) is 12.1 Å². The SMILES string of the molecule is CCCOC(=CC=C(C#N)C#N)OCCC. The van der Waals surface area contributed by atoms with Crippen LogP contribution in [0.2, 0.25) is 0 Å². The molecule has 0 spiro atoms. The second kappa shape index (κ2) is 9.61. The summed E-state index contributed by atoms with van der Waals surface area (Å²) >= 11 is 0. The molecule has 0 heterocycles. The number of rotatable bonds is 7. The number of hydrogen-bond acceptors (Lipinski definition) is 4. The zero-order valence-corrected chi connectivity index (χ0v) is 9.69. The predicted octanol–water partition coefficient (Wildman–Crippen LogP) is 2.65. The van der Waals surface area contributed by atoms with Gasteiger partial charge in [0.2, 0.25) is 0 Å². The van der Waals surface area contributed by atoms with Gasteiger partial charge in [-0.1, -0.05) is 13.8 Å². The molecule has 4 heteroatoms. The summed E-state index contributed by atoms with van der Waals surface area (Å²) in [6.45, 7) is 5.09. The number of ether oxygens (including phenoxy) is 2. The fourth-order valence-corrected chi connectivity index (χ4v) is 0.794. The highest BCUT2D eigenvalue weighted by Gasteiger charge is 1.98. The molecule has 4 nitrogen and oxygen atoms in total. The molecule has 0 aliphatic carbocycles. The van der Waals surface area contributed by atoms with Gasteiger partial charge >= 0.3 is 0 Å². The molecule has 16 heavy (non-hydrogen) atoms. The Morgan fingerprint density at radius 3 is 1.88 bits per heavy atom.